The smallest absolute Gasteiger partial charge is 0.271 e. The molecule has 0 saturated carbocycles. The quantitative estimate of drug-likeness (QED) is 0.661. The SMILES string of the molecule is CC(=O)N[C@@H]1Cc2ccccc2N(C(=O)c2cc(Cl)cc([N+](=O)[O-])c2)C1. The molecule has 1 heterocycles. The van der Waals surface area contributed by atoms with Crippen LogP contribution in [0.1, 0.15) is 22.8 Å². The lowest BCUT2D eigenvalue weighted by molar-refractivity contribution is -0.384. The Balaban J connectivity index is 2.00. The van der Waals surface area contributed by atoms with Gasteiger partial charge in [0.05, 0.1) is 11.0 Å². The fourth-order valence-corrected chi connectivity index (χ4v) is 3.36. The number of nitro groups is 1. The second kappa shape index (κ2) is 7.13. The van der Waals surface area contributed by atoms with Crippen molar-refractivity contribution in [3.05, 3.63) is 68.7 Å². The summed E-state index contributed by atoms with van der Waals surface area (Å²) >= 11 is 5.94. The van der Waals surface area contributed by atoms with Gasteiger partial charge in [0.25, 0.3) is 11.6 Å². The summed E-state index contributed by atoms with van der Waals surface area (Å²) in [7, 11) is 0. The van der Waals surface area contributed by atoms with E-state index in [1.165, 1.54) is 30.0 Å². The zero-order chi connectivity index (χ0) is 18.8. The Morgan fingerprint density at radius 2 is 2.00 bits per heavy atom. The van der Waals surface area contributed by atoms with Crippen LogP contribution < -0.4 is 10.2 Å². The van der Waals surface area contributed by atoms with E-state index in [4.69, 9.17) is 11.6 Å². The molecule has 0 saturated heterocycles. The maximum absolute atomic E-state index is 13.1. The highest BCUT2D eigenvalue weighted by atomic mass is 35.5. The number of carbonyl (C=O) groups excluding carboxylic acids is 2. The zero-order valence-electron chi connectivity index (χ0n) is 13.9. The third-order valence-corrected chi connectivity index (χ3v) is 4.36. The summed E-state index contributed by atoms with van der Waals surface area (Å²) in [6.07, 6.45) is 0.606. The average molecular weight is 374 g/mol. The van der Waals surface area contributed by atoms with Crippen LogP contribution in [0.5, 0.6) is 0 Å². The molecule has 1 N–H and O–H groups in total. The van der Waals surface area contributed by atoms with Crippen molar-refractivity contribution in [2.24, 2.45) is 0 Å². The van der Waals surface area contributed by atoms with E-state index < -0.39 is 10.8 Å². The summed E-state index contributed by atoms with van der Waals surface area (Å²) in [5.74, 6) is -0.585. The van der Waals surface area contributed by atoms with Crippen molar-refractivity contribution in [2.75, 3.05) is 11.4 Å². The first-order chi connectivity index (χ1) is 12.3. The minimum Gasteiger partial charge on any atom is -0.351 e. The number of rotatable bonds is 3. The molecule has 0 spiro atoms. The van der Waals surface area contributed by atoms with E-state index in [2.05, 4.69) is 5.32 Å². The summed E-state index contributed by atoms with van der Waals surface area (Å²) in [5, 5.41) is 14.0. The monoisotopic (exact) mass is 373 g/mol. The number of nitro benzene ring substituents is 1. The Morgan fingerprint density at radius 1 is 1.27 bits per heavy atom. The van der Waals surface area contributed by atoms with Crippen molar-refractivity contribution >= 4 is 34.8 Å². The molecule has 0 aromatic heterocycles. The minimum atomic E-state index is -0.590. The number of para-hydroxylation sites is 1. The number of hydrogen-bond acceptors (Lipinski definition) is 4. The van der Waals surface area contributed by atoms with Gasteiger partial charge in [-0.2, -0.15) is 0 Å². The van der Waals surface area contributed by atoms with E-state index in [0.717, 1.165) is 11.3 Å². The lowest BCUT2D eigenvalue weighted by Crippen LogP contribution is -2.49. The van der Waals surface area contributed by atoms with Gasteiger partial charge in [0.2, 0.25) is 5.91 Å². The Labute approximate surface area is 154 Å². The van der Waals surface area contributed by atoms with E-state index in [1.807, 2.05) is 24.3 Å². The predicted octanol–water partition coefficient (Wildman–Crippen LogP) is 2.96. The third kappa shape index (κ3) is 3.67. The summed E-state index contributed by atoms with van der Waals surface area (Å²) in [4.78, 5) is 36.5. The van der Waals surface area contributed by atoms with Crippen molar-refractivity contribution in [1.29, 1.82) is 0 Å². The summed E-state index contributed by atoms with van der Waals surface area (Å²) in [5.41, 5.74) is 1.52. The van der Waals surface area contributed by atoms with Crippen LogP contribution in [0.3, 0.4) is 0 Å². The molecular weight excluding hydrogens is 358 g/mol. The molecule has 134 valence electrons. The van der Waals surface area contributed by atoms with E-state index in [0.29, 0.717) is 6.42 Å². The van der Waals surface area contributed by atoms with Gasteiger partial charge in [0.15, 0.2) is 0 Å². The number of carbonyl (C=O) groups is 2. The van der Waals surface area contributed by atoms with Crippen LogP contribution in [0.2, 0.25) is 5.02 Å². The molecule has 2 aromatic rings. The first-order valence-corrected chi connectivity index (χ1v) is 8.35. The van der Waals surface area contributed by atoms with Gasteiger partial charge >= 0.3 is 0 Å². The summed E-state index contributed by atoms with van der Waals surface area (Å²) in [6.45, 7) is 1.70. The molecule has 1 aliphatic rings. The second-order valence-electron chi connectivity index (χ2n) is 6.10. The Morgan fingerprint density at radius 3 is 2.69 bits per heavy atom. The molecule has 26 heavy (non-hydrogen) atoms. The Kier molecular flexibility index (Phi) is 4.90. The number of fused-ring (bicyclic) bond motifs is 1. The lowest BCUT2D eigenvalue weighted by Gasteiger charge is -2.35. The Hall–Kier alpha value is -2.93. The maximum atomic E-state index is 13.1. The maximum Gasteiger partial charge on any atom is 0.271 e. The molecule has 2 amide bonds. The molecule has 1 atom stereocenters. The fourth-order valence-electron chi connectivity index (χ4n) is 3.13. The highest BCUT2D eigenvalue weighted by molar-refractivity contribution is 6.31. The van der Waals surface area contributed by atoms with Gasteiger partial charge in [-0.15, -0.1) is 0 Å². The van der Waals surface area contributed by atoms with E-state index in [-0.39, 0.29) is 34.8 Å². The standard InChI is InChI=1S/C18H16ClN3O4/c1-11(23)20-15-7-12-4-2-3-5-17(12)21(10-15)18(24)13-6-14(19)9-16(8-13)22(25)26/h2-6,8-9,15H,7,10H2,1H3,(H,20,23)/t15-/m1/s1. The molecule has 0 unspecified atom stereocenters. The lowest BCUT2D eigenvalue weighted by atomic mass is 9.97. The molecule has 0 fully saturated rings. The van der Waals surface area contributed by atoms with Gasteiger partial charge in [0.1, 0.15) is 0 Å². The number of amides is 2. The minimum absolute atomic E-state index is 0.117. The number of benzene rings is 2. The molecule has 8 heteroatoms. The van der Waals surface area contributed by atoms with Gasteiger partial charge in [-0.25, -0.2) is 0 Å². The summed E-state index contributed by atoms with van der Waals surface area (Å²) < 4.78 is 0. The van der Waals surface area contributed by atoms with Crippen LogP contribution in [0.4, 0.5) is 11.4 Å². The number of nitrogens with zero attached hydrogens (tertiary/aromatic N) is 2. The largest absolute Gasteiger partial charge is 0.351 e. The molecule has 1 aliphatic heterocycles. The molecule has 0 aliphatic carbocycles. The molecule has 0 bridgehead atoms. The van der Waals surface area contributed by atoms with E-state index in [9.17, 15) is 19.7 Å². The van der Waals surface area contributed by atoms with Gasteiger partial charge in [0, 0.05) is 41.9 Å². The van der Waals surface area contributed by atoms with Crippen molar-refractivity contribution in [2.45, 2.75) is 19.4 Å². The van der Waals surface area contributed by atoms with Gasteiger partial charge in [-0.05, 0) is 24.1 Å². The highest BCUT2D eigenvalue weighted by Gasteiger charge is 2.30. The van der Waals surface area contributed by atoms with Gasteiger partial charge in [-0.1, -0.05) is 29.8 Å². The van der Waals surface area contributed by atoms with Crippen LogP contribution in [0.15, 0.2) is 42.5 Å². The van der Waals surface area contributed by atoms with Crippen molar-refractivity contribution in [1.82, 2.24) is 5.32 Å². The van der Waals surface area contributed by atoms with Crippen LogP contribution in [-0.4, -0.2) is 29.3 Å². The fraction of sp³-hybridized carbons (Fsp3) is 0.222. The van der Waals surface area contributed by atoms with Crippen LogP contribution in [0, 0.1) is 10.1 Å². The van der Waals surface area contributed by atoms with E-state index >= 15 is 0 Å². The Bertz CT molecular complexity index is 900. The topological polar surface area (TPSA) is 92.6 Å². The van der Waals surface area contributed by atoms with E-state index in [1.54, 1.807) is 0 Å². The number of nitrogens with one attached hydrogen (secondary N) is 1. The normalized spacial score (nSPS) is 15.9. The number of hydrogen-bond donors (Lipinski definition) is 1. The van der Waals surface area contributed by atoms with Crippen molar-refractivity contribution in [3.8, 4) is 0 Å². The van der Waals surface area contributed by atoms with Crippen LogP contribution in [-0.2, 0) is 11.2 Å². The first-order valence-electron chi connectivity index (χ1n) is 7.97. The number of non-ortho nitro benzene ring substituents is 1. The molecule has 2 aromatic carbocycles. The van der Waals surface area contributed by atoms with Crippen molar-refractivity contribution in [3.63, 3.8) is 0 Å². The van der Waals surface area contributed by atoms with Gasteiger partial charge < -0.3 is 10.2 Å². The third-order valence-electron chi connectivity index (χ3n) is 4.14. The molecule has 7 nitrogen and oxygen atoms in total. The second-order valence-corrected chi connectivity index (χ2v) is 6.54. The first kappa shape index (κ1) is 17.9. The molecular formula is C18H16ClN3O4. The zero-order valence-corrected chi connectivity index (χ0v) is 14.7. The summed E-state index contributed by atoms with van der Waals surface area (Å²) in [6, 6.07) is 11.0. The van der Waals surface area contributed by atoms with Crippen LogP contribution in [0.25, 0.3) is 0 Å². The molecule has 0 radical (unpaired) electrons. The molecule has 3 rings (SSSR count). The number of anilines is 1. The average Bonchev–Trinajstić information content (AvgIpc) is 2.59. The van der Waals surface area contributed by atoms with Gasteiger partial charge in [-0.3, -0.25) is 19.7 Å². The number of halogens is 1. The predicted molar refractivity (Wildman–Crippen MR) is 97.5 cm³/mol. The highest BCUT2D eigenvalue weighted by Crippen LogP contribution is 2.30. The van der Waals surface area contributed by atoms with Crippen molar-refractivity contribution < 1.29 is 14.5 Å². The van der Waals surface area contributed by atoms with Crippen LogP contribution >= 0.6 is 11.6 Å².